The predicted molar refractivity (Wildman–Crippen MR) is 59.7 cm³/mol. The SMILES string of the molecule is COC(=O)C1=CC(=O)[C@H]2CC(C)(C)C[C@H]2C1. The number of ether oxygens (including phenoxy) is 1. The van der Waals surface area contributed by atoms with Gasteiger partial charge in [-0.2, -0.15) is 0 Å². The van der Waals surface area contributed by atoms with Crippen LogP contribution in [0.25, 0.3) is 0 Å². The molecule has 0 spiro atoms. The lowest BCUT2D eigenvalue weighted by Crippen LogP contribution is -2.25. The summed E-state index contributed by atoms with van der Waals surface area (Å²) in [5.41, 5.74) is 0.774. The summed E-state index contributed by atoms with van der Waals surface area (Å²) in [6, 6.07) is 0. The second-order valence-electron chi connectivity index (χ2n) is 5.71. The molecule has 0 bridgehead atoms. The third-order valence-electron chi connectivity index (χ3n) is 3.77. The summed E-state index contributed by atoms with van der Waals surface area (Å²) in [5.74, 6) is 0.226. The van der Waals surface area contributed by atoms with E-state index in [-0.39, 0.29) is 23.1 Å². The monoisotopic (exact) mass is 222 g/mol. The quantitative estimate of drug-likeness (QED) is 0.638. The van der Waals surface area contributed by atoms with E-state index in [1.165, 1.54) is 13.2 Å². The Hall–Kier alpha value is -1.12. The Kier molecular flexibility index (Phi) is 2.64. The van der Waals surface area contributed by atoms with E-state index in [2.05, 4.69) is 18.6 Å². The molecule has 16 heavy (non-hydrogen) atoms. The Morgan fingerprint density at radius 3 is 2.75 bits per heavy atom. The predicted octanol–water partition coefficient (Wildman–Crippen LogP) is 2.11. The average Bonchev–Trinajstić information content (AvgIpc) is 2.52. The van der Waals surface area contributed by atoms with Crippen LogP contribution in [-0.2, 0) is 14.3 Å². The van der Waals surface area contributed by atoms with Crippen LogP contribution in [0.2, 0.25) is 0 Å². The Labute approximate surface area is 95.9 Å². The second-order valence-corrected chi connectivity index (χ2v) is 5.71. The van der Waals surface area contributed by atoms with Crippen molar-refractivity contribution < 1.29 is 14.3 Å². The van der Waals surface area contributed by atoms with Crippen molar-refractivity contribution in [3.8, 4) is 0 Å². The Balaban J connectivity index is 2.20. The van der Waals surface area contributed by atoms with Crippen molar-refractivity contribution in [1.29, 1.82) is 0 Å². The molecule has 0 radical (unpaired) electrons. The van der Waals surface area contributed by atoms with Crippen molar-refractivity contribution in [2.45, 2.75) is 33.1 Å². The molecule has 2 atom stereocenters. The van der Waals surface area contributed by atoms with E-state index in [4.69, 9.17) is 0 Å². The summed E-state index contributed by atoms with van der Waals surface area (Å²) >= 11 is 0. The highest BCUT2D eigenvalue weighted by atomic mass is 16.5. The van der Waals surface area contributed by atoms with Gasteiger partial charge < -0.3 is 4.74 Å². The van der Waals surface area contributed by atoms with E-state index in [1.54, 1.807) is 0 Å². The third kappa shape index (κ3) is 1.91. The normalized spacial score (nSPS) is 31.9. The van der Waals surface area contributed by atoms with Crippen molar-refractivity contribution in [3.05, 3.63) is 11.6 Å². The molecule has 0 aliphatic heterocycles. The summed E-state index contributed by atoms with van der Waals surface area (Å²) in [6.45, 7) is 4.38. The van der Waals surface area contributed by atoms with E-state index >= 15 is 0 Å². The zero-order valence-electron chi connectivity index (χ0n) is 10.1. The Bertz CT molecular complexity index is 365. The number of carbonyl (C=O) groups is 2. The summed E-state index contributed by atoms with van der Waals surface area (Å²) in [5, 5.41) is 0. The van der Waals surface area contributed by atoms with E-state index in [0.29, 0.717) is 17.9 Å². The first-order valence-electron chi connectivity index (χ1n) is 5.76. The summed E-state index contributed by atoms with van der Waals surface area (Å²) in [7, 11) is 1.36. The van der Waals surface area contributed by atoms with Gasteiger partial charge in [0.2, 0.25) is 0 Å². The third-order valence-corrected chi connectivity index (χ3v) is 3.77. The largest absolute Gasteiger partial charge is 0.466 e. The van der Waals surface area contributed by atoms with Gasteiger partial charge in [0.1, 0.15) is 0 Å². The zero-order valence-corrected chi connectivity index (χ0v) is 10.1. The highest BCUT2D eigenvalue weighted by molar-refractivity contribution is 6.02. The number of hydrogen-bond acceptors (Lipinski definition) is 3. The van der Waals surface area contributed by atoms with Crippen LogP contribution in [0.5, 0.6) is 0 Å². The zero-order chi connectivity index (χ0) is 11.9. The van der Waals surface area contributed by atoms with Crippen LogP contribution >= 0.6 is 0 Å². The molecule has 0 aromatic carbocycles. The van der Waals surface area contributed by atoms with Gasteiger partial charge in [0, 0.05) is 11.5 Å². The molecule has 3 nitrogen and oxygen atoms in total. The molecule has 0 N–H and O–H groups in total. The van der Waals surface area contributed by atoms with Crippen molar-refractivity contribution >= 4 is 11.8 Å². The van der Waals surface area contributed by atoms with Gasteiger partial charge in [0.15, 0.2) is 5.78 Å². The van der Waals surface area contributed by atoms with Gasteiger partial charge >= 0.3 is 5.97 Å². The van der Waals surface area contributed by atoms with Gasteiger partial charge in [-0.3, -0.25) is 4.79 Å². The summed E-state index contributed by atoms with van der Waals surface area (Å²) in [4.78, 5) is 23.3. The minimum atomic E-state index is -0.350. The van der Waals surface area contributed by atoms with Crippen LogP contribution in [-0.4, -0.2) is 18.9 Å². The van der Waals surface area contributed by atoms with Gasteiger partial charge in [-0.15, -0.1) is 0 Å². The van der Waals surface area contributed by atoms with E-state index in [9.17, 15) is 9.59 Å². The molecule has 0 aromatic heterocycles. The van der Waals surface area contributed by atoms with Crippen LogP contribution in [0.3, 0.4) is 0 Å². The molecule has 2 rings (SSSR count). The van der Waals surface area contributed by atoms with Crippen LogP contribution in [0.4, 0.5) is 0 Å². The number of allylic oxidation sites excluding steroid dienone is 1. The molecule has 3 heteroatoms. The fourth-order valence-corrected chi connectivity index (χ4v) is 3.14. The van der Waals surface area contributed by atoms with E-state index < -0.39 is 0 Å². The first-order chi connectivity index (χ1) is 7.43. The number of rotatable bonds is 1. The Morgan fingerprint density at radius 1 is 1.44 bits per heavy atom. The van der Waals surface area contributed by atoms with Gasteiger partial charge in [0.25, 0.3) is 0 Å². The molecule has 88 valence electrons. The molecule has 1 fully saturated rings. The molecule has 1 saturated carbocycles. The number of methoxy groups -OCH3 is 1. The first-order valence-corrected chi connectivity index (χ1v) is 5.76. The fourth-order valence-electron chi connectivity index (χ4n) is 3.14. The van der Waals surface area contributed by atoms with E-state index in [0.717, 1.165) is 12.8 Å². The van der Waals surface area contributed by atoms with Crippen LogP contribution < -0.4 is 0 Å². The molecule has 0 aromatic rings. The number of hydrogen-bond donors (Lipinski definition) is 0. The molecule has 2 aliphatic rings. The lowest BCUT2D eigenvalue weighted by molar-refractivity contribution is -0.137. The summed E-state index contributed by atoms with van der Waals surface area (Å²) in [6.07, 6.45) is 4.17. The number of carbonyl (C=O) groups excluding carboxylic acids is 2. The molecule has 0 unspecified atom stereocenters. The highest BCUT2D eigenvalue weighted by Gasteiger charge is 2.45. The highest BCUT2D eigenvalue weighted by Crippen LogP contribution is 2.49. The number of esters is 1. The minimum absolute atomic E-state index is 0.113. The fraction of sp³-hybridized carbons (Fsp3) is 0.692. The number of ketones is 1. The van der Waals surface area contributed by atoms with Crippen LogP contribution in [0.15, 0.2) is 11.6 Å². The molecule has 2 aliphatic carbocycles. The maximum absolute atomic E-state index is 11.9. The van der Waals surface area contributed by atoms with Gasteiger partial charge in [-0.25, -0.2) is 4.79 Å². The first kappa shape index (κ1) is 11.4. The van der Waals surface area contributed by atoms with Crippen LogP contribution in [0.1, 0.15) is 33.1 Å². The van der Waals surface area contributed by atoms with Gasteiger partial charge in [-0.1, -0.05) is 13.8 Å². The maximum atomic E-state index is 11.9. The molecule has 0 saturated heterocycles. The van der Waals surface area contributed by atoms with Crippen molar-refractivity contribution in [2.75, 3.05) is 7.11 Å². The molecular weight excluding hydrogens is 204 g/mol. The van der Waals surface area contributed by atoms with Crippen molar-refractivity contribution in [1.82, 2.24) is 0 Å². The average molecular weight is 222 g/mol. The van der Waals surface area contributed by atoms with Gasteiger partial charge in [0.05, 0.1) is 7.11 Å². The molecular formula is C13H18O3. The summed E-state index contributed by atoms with van der Waals surface area (Å²) < 4.78 is 4.68. The standard InChI is InChI=1S/C13H18O3/c1-13(2)6-9-4-8(12(15)16-3)5-11(14)10(9)7-13/h5,9-10H,4,6-7H2,1-3H3/t9-,10+/m1/s1. The smallest absolute Gasteiger partial charge is 0.333 e. The van der Waals surface area contributed by atoms with Crippen LogP contribution in [0, 0.1) is 17.3 Å². The number of fused-ring (bicyclic) bond motifs is 1. The minimum Gasteiger partial charge on any atom is -0.466 e. The lowest BCUT2D eigenvalue weighted by Gasteiger charge is -2.22. The Morgan fingerprint density at radius 2 is 2.12 bits per heavy atom. The van der Waals surface area contributed by atoms with Crippen molar-refractivity contribution in [3.63, 3.8) is 0 Å². The van der Waals surface area contributed by atoms with Crippen molar-refractivity contribution in [2.24, 2.45) is 17.3 Å². The topological polar surface area (TPSA) is 43.4 Å². The molecule has 0 heterocycles. The second kappa shape index (κ2) is 3.72. The maximum Gasteiger partial charge on any atom is 0.333 e. The lowest BCUT2D eigenvalue weighted by atomic mass is 9.81. The van der Waals surface area contributed by atoms with Gasteiger partial charge in [-0.05, 0) is 36.7 Å². The molecule has 0 amide bonds. The van der Waals surface area contributed by atoms with E-state index in [1.807, 2.05) is 0 Å².